The Balaban J connectivity index is 2.40. The topological polar surface area (TPSA) is 52.1 Å². The monoisotopic (exact) mass is 438 g/mol. The molecule has 2 aromatic heterocycles. The molecule has 20 heavy (non-hydrogen) atoms. The second-order valence-corrected chi connectivity index (χ2v) is 7.13. The van der Waals surface area contributed by atoms with Crippen LogP contribution in [-0.2, 0) is 15.4 Å². The second-order valence-electron chi connectivity index (χ2n) is 3.80. The van der Waals surface area contributed by atoms with Crippen LogP contribution in [0, 0.1) is 6.92 Å². The number of carbonyl (C=O) groups is 1. The van der Waals surface area contributed by atoms with Crippen LogP contribution < -0.4 is 0 Å². The number of hydrogen-bond acceptors (Lipinski definition) is 6. The van der Waals surface area contributed by atoms with Gasteiger partial charge in [0.2, 0.25) is 0 Å². The van der Waals surface area contributed by atoms with Crippen LogP contribution >= 0.6 is 54.5 Å². The van der Waals surface area contributed by atoms with Gasteiger partial charge in [-0.05, 0) is 13.8 Å². The largest absolute Gasteiger partial charge is 0.462 e. The zero-order valence-electron chi connectivity index (χ0n) is 10.9. The lowest BCUT2D eigenvalue weighted by Gasteiger charge is -1.98. The molecule has 0 amide bonds. The zero-order valence-corrected chi connectivity index (χ0v) is 15.7. The second kappa shape index (κ2) is 7.11. The summed E-state index contributed by atoms with van der Waals surface area (Å²) >= 11 is 9.70. The summed E-state index contributed by atoms with van der Waals surface area (Å²) in [6.45, 7) is 4.18. The third-order valence-corrected chi connectivity index (χ3v) is 5.78. The van der Waals surface area contributed by atoms with Crippen LogP contribution in [0.3, 0.4) is 0 Å². The molecule has 0 spiro atoms. The fourth-order valence-corrected chi connectivity index (χ4v) is 4.78. The predicted octanol–water partition coefficient (Wildman–Crippen LogP) is 4.54. The van der Waals surface area contributed by atoms with E-state index in [-0.39, 0.29) is 5.97 Å². The number of hydrogen-bond donors (Lipinski definition) is 0. The summed E-state index contributed by atoms with van der Waals surface area (Å²) in [6, 6.07) is 0. The number of halogens is 2. The standard InChI is InChI=1S/C12H12Br2N2O2S2/c1-3-18-12(17)9-8(5-14)16-11(20-9)10-15-7(4-13)6(2)19-10/h3-5H2,1-2H3. The minimum Gasteiger partial charge on any atom is -0.462 e. The minimum absolute atomic E-state index is 0.320. The molecule has 8 heteroatoms. The van der Waals surface area contributed by atoms with E-state index in [2.05, 4.69) is 41.8 Å². The first-order valence-corrected chi connectivity index (χ1v) is 9.73. The summed E-state index contributed by atoms with van der Waals surface area (Å²) in [6.07, 6.45) is 0. The Hall–Kier alpha value is -0.310. The molecule has 2 heterocycles. The summed E-state index contributed by atoms with van der Waals surface area (Å²) in [7, 11) is 0. The summed E-state index contributed by atoms with van der Waals surface area (Å²) in [5.74, 6) is -0.320. The summed E-state index contributed by atoms with van der Waals surface area (Å²) in [4.78, 5) is 22.6. The van der Waals surface area contributed by atoms with E-state index in [1.165, 1.54) is 11.3 Å². The maximum atomic E-state index is 11.9. The lowest BCUT2D eigenvalue weighted by atomic mass is 10.4. The van der Waals surface area contributed by atoms with Gasteiger partial charge >= 0.3 is 5.97 Å². The van der Waals surface area contributed by atoms with Gasteiger partial charge in [-0.1, -0.05) is 31.9 Å². The first-order chi connectivity index (χ1) is 9.60. The molecule has 0 N–H and O–H groups in total. The molecule has 0 bridgehead atoms. The molecule has 0 aliphatic heterocycles. The van der Waals surface area contributed by atoms with Crippen LogP contribution in [0.5, 0.6) is 0 Å². The van der Waals surface area contributed by atoms with Crippen LogP contribution in [0.4, 0.5) is 0 Å². The van der Waals surface area contributed by atoms with E-state index in [1.54, 1.807) is 18.3 Å². The zero-order chi connectivity index (χ0) is 14.7. The highest BCUT2D eigenvalue weighted by Crippen LogP contribution is 2.34. The van der Waals surface area contributed by atoms with Crippen molar-refractivity contribution in [2.75, 3.05) is 6.61 Å². The summed E-state index contributed by atoms with van der Waals surface area (Å²) in [5.41, 5.74) is 1.72. The highest BCUT2D eigenvalue weighted by molar-refractivity contribution is 9.08. The van der Waals surface area contributed by atoms with Gasteiger partial charge in [0, 0.05) is 15.5 Å². The average Bonchev–Trinajstić information content (AvgIpc) is 3.02. The average molecular weight is 440 g/mol. The molecule has 0 fully saturated rings. The van der Waals surface area contributed by atoms with Crippen molar-refractivity contribution in [3.05, 3.63) is 21.1 Å². The Kier molecular flexibility index (Phi) is 5.71. The van der Waals surface area contributed by atoms with Gasteiger partial charge in [0.1, 0.15) is 4.88 Å². The van der Waals surface area contributed by atoms with E-state index in [0.29, 0.717) is 22.5 Å². The molecule has 0 aliphatic carbocycles. The van der Waals surface area contributed by atoms with Crippen LogP contribution in [0.2, 0.25) is 0 Å². The van der Waals surface area contributed by atoms with Crippen molar-refractivity contribution < 1.29 is 9.53 Å². The van der Waals surface area contributed by atoms with Crippen LogP contribution in [-0.4, -0.2) is 22.5 Å². The van der Waals surface area contributed by atoms with Gasteiger partial charge < -0.3 is 4.74 Å². The highest BCUT2D eigenvalue weighted by Gasteiger charge is 2.21. The first kappa shape index (κ1) is 16.1. The number of carbonyl (C=O) groups excluding carboxylic acids is 1. The first-order valence-electron chi connectivity index (χ1n) is 5.86. The molecule has 0 aliphatic rings. The van der Waals surface area contributed by atoms with E-state index in [9.17, 15) is 4.79 Å². The van der Waals surface area contributed by atoms with Gasteiger partial charge in [0.05, 0.1) is 18.0 Å². The number of thiazole rings is 2. The van der Waals surface area contributed by atoms with Gasteiger partial charge in [-0.25, -0.2) is 14.8 Å². The van der Waals surface area contributed by atoms with E-state index in [0.717, 1.165) is 25.9 Å². The molecular formula is C12H12Br2N2O2S2. The Morgan fingerprint density at radius 1 is 1.15 bits per heavy atom. The fraction of sp³-hybridized carbons (Fsp3) is 0.417. The molecule has 2 aromatic rings. The quantitative estimate of drug-likeness (QED) is 0.506. The van der Waals surface area contributed by atoms with E-state index in [1.807, 2.05) is 6.92 Å². The number of ether oxygens (including phenoxy) is 1. The molecule has 0 atom stereocenters. The summed E-state index contributed by atoms with van der Waals surface area (Å²) in [5, 5.41) is 2.85. The number of nitrogens with zero attached hydrogens (tertiary/aromatic N) is 2. The Labute approximate surface area is 141 Å². The normalized spacial score (nSPS) is 10.8. The van der Waals surface area contributed by atoms with Crippen LogP contribution in [0.25, 0.3) is 10.0 Å². The van der Waals surface area contributed by atoms with Crippen molar-refractivity contribution >= 4 is 60.5 Å². The maximum Gasteiger partial charge on any atom is 0.350 e. The number of rotatable bonds is 5. The van der Waals surface area contributed by atoms with Gasteiger partial charge in [-0.3, -0.25) is 0 Å². The number of alkyl halides is 2. The maximum absolute atomic E-state index is 11.9. The molecule has 0 radical (unpaired) electrons. The van der Waals surface area contributed by atoms with Gasteiger partial charge in [0.15, 0.2) is 10.0 Å². The SMILES string of the molecule is CCOC(=O)c1sc(-c2nc(CBr)c(C)s2)nc1CBr. The molecule has 2 rings (SSSR count). The van der Waals surface area contributed by atoms with Crippen molar-refractivity contribution in [3.63, 3.8) is 0 Å². The lowest BCUT2D eigenvalue weighted by molar-refractivity contribution is 0.0531. The van der Waals surface area contributed by atoms with E-state index >= 15 is 0 Å². The van der Waals surface area contributed by atoms with E-state index < -0.39 is 0 Å². The van der Waals surface area contributed by atoms with E-state index in [4.69, 9.17) is 4.74 Å². The molecule has 0 aromatic carbocycles. The number of aromatic nitrogens is 2. The Morgan fingerprint density at radius 3 is 2.30 bits per heavy atom. The highest BCUT2D eigenvalue weighted by atomic mass is 79.9. The van der Waals surface area contributed by atoms with Gasteiger partial charge in [0.25, 0.3) is 0 Å². The van der Waals surface area contributed by atoms with Crippen LogP contribution in [0.15, 0.2) is 0 Å². The molecule has 0 saturated carbocycles. The third-order valence-electron chi connectivity index (χ3n) is 2.49. The Bertz CT molecular complexity index is 625. The molecular weight excluding hydrogens is 428 g/mol. The molecule has 4 nitrogen and oxygen atoms in total. The van der Waals surface area contributed by atoms with Crippen molar-refractivity contribution in [1.82, 2.24) is 9.97 Å². The fourth-order valence-electron chi connectivity index (χ4n) is 1.53. The lowest BCUT2D eigenvalue weighted by Crippen LogP contribution is -2.04. The number of aryl methyl sites for hydroxylation is 1. The van der Waals surface area contributed by atoms with Crippen molar-refractivity contribution in [1.29, 1.82) is 0 Å². The van der Waals surface area contributed by atoms with Gasteiger partial charge in [-0.2, -0.15) is 0 Å². The number of esters is 1. The molecule has 0 unspecified atom stereocenters. The van der Waals surface area contributed by atoms with Crippen molar-refractivity contribution in [2.45, 2.75) is 24.5 Å². The Morgan fingerprint density at radius 2 is 1.75 bits per heavy atom. The van der Waals surface area contributed by atoms with Gasteiger partial charge in [-0.15, -0.1) is 22.7 Å². The third kappa shape index (κ3) is 3.29. The smallest absolute Gasteiger partial charge is 0.350 e. The van der Waals surface area contributed by atoms with Crippen molar-refractivity contribution in [3.8, 4) is 10.0 Å². The molecule has 108 valence electrons. The minimum atomic E-state index is -0.320. The van der Waals surface area contributed by atoms with Crippen LogP contribution in [0.1, 0.15) is 32.9 Å². The summed E-state index contributed by atoms with van der Waals surface area (Å²) < 4.78 is 5.06. The van der Waals surface area contributed by atoms with Crippen molar-refractivity contribution in [2.24, 2.45) is 0 Å². The molecule has 0 saturated heterocycles. The predicted molar refractivity (Wildman–Crippen MR) is 89.2 cm³/mol.